The molecule has 3 rings (SSSR count). The van der Waals surface area contributed by atoms with Crippen molar-refractivity contribution in [2.24, 2.45) is 0 Å². The predicted molar refractivity (Wildman–Crippen MR) is 93.2 cm³/mol. The number of thiophene rings is 1. The summed E-state index contributed by atoms with van der Waals surface area (Å²) in [5, 5.41) is 16.8. The summed E-state index contributed by atoms with van der Waals surface area (Å²) in [6.45, 7) is 1.91. The second kappa shape index (κ2) is 6.35. The molecule has 0 spiro atoms. The van der Waals surface area contributed by atoms with E-state index in [-0.39, 0.29) is 5.69 Å². The van der Waals surface area contributed by atoms with Gasteiger partial charge in [-0.2, -0.15) is 5.10 Å². The molecule has 0 amide bonds. The van der Waals surface area contributed by atoms with E-state index >= 15 is 0 Å². The number of rotatable bonds is 4. The van der Waals surface area contributed by atoms with Crippen LogP contribution in [0, 0.1) is 0 Å². The Kier molecular flexibility index (Phi) is 4.43. The van der Waals surface area contributed by atoms with Crippen LogP contribution in [0.1, 0.15) is 23.0 Å². The van der Waals surface area contributed by atoms with Gasteiger partial charge in [-0.3, -0.25) is 0 Å². The van der Waals surface area contributed by atoms with Crippen molar-refractivity contribution in [3.8, 4) is 16.3 Å². The molecule has 0 aliphatic rings. The van der Waals surface area contributed by atoms with Crippen LogP contribution in [0.2, 0.25) is 10.0 Å². The fourth-order valence-electron chi connectivity index (χ4n) is 2.42. The Morgan fingerprint density at radius 2 is 1.96 bits per heavy atom. The molecular weight excluding hydrogens is 355 g/mol. The van der Waals surface area contributed by atoms with Gasteiger partial charge in [0.1, 0.15) is 0 Å². The Hall–Kier alpha value is -1.82. The van der Waals surface area contributed by atoms with Gasteiger partial charge in [-0.05, 0) is 36.8 Å². The first-order valence-corrected chi connectivity index (χ1v) is 8.50. The highest BCUT2D eigenvalue weighted by Crippen LogP contribution is 2.35. The summed E-state index contributed by atoms with van der Waals surface area (Å²) >= 11 is 13.4. The van der Waals surface area contributed by atoms with Crippen LogP contribution in [-0.4, -0.2) is 20.9 Å². The molecule has 2 heterocycles. The molecule has 0 unspecified atom stereocenters. The molecule has 0 aliphatic carbocycles. The molecule has 0 bridgehead atoms. The fourth-order valence-corrected chi connectivity index (χ4v) is 3.67. The topological polar surface area (TPSA) is 55.1 Å². The van der Waals surface area contributed by atoms with E-state index in [9.17, 15) is 9.90 Å². The van der Waals surface area contributed by atoms with Crippen molar-refractivity contribution >= 4 is 40.5 Å². The number of carboxylic acids is 1. The Bertz CT molecular complexity index is 869. The highest BCUT2D eigenvalue weighted by atomic mass is 35.5. The summed E-state index contributed by atoms with van der Waals surface area (Å²) in [5.74, 6) is -1.04. The van der Waals surface area contributed by atoms with Crippen LogP contribution in [0.25, 0.3) is 16.3 Å². The molecule has 7 heteroatoms. The normalized spacial score (nSPS) is 10.9. The molecular formula is C16H12Cl2N2O2S. The van der Waals surface area contributed by atoms with Crippen molar-refractivity contribution < 1.29 is 9.90 Å². The number of hydrogen-bond acceptors (Lipinski definition) is 3. The van der Waals surface area contributed by atoms with E-state index in [1.807, 2.05) is 18.4 Å². The van der Waals surface area contributed by atoms with Crippen LogP contribution >= 0.6 is 34.5 Å². The van der Waals surface area contributed by atoms with E-state index in [0.29, 0.717) is 22.0 Å². The minimum Gasteiger partial charge on any atom is -0.476 e. The van der Waals surface area contributed by atoms with E-state index < -0.39 is 5.97 Å². The zero-order valence-electron chi connectivity index (χ0n) is 12.1. The van der Waals surface area contributed by atoms with Crippen LogP contribution in [-0.2, 0) is 6.42 Å². The third kappa shape index (κ3) is 3.00. The largest absolute Gasteiger partial charge is 0.476 e. The van der Waals surface area contributed by atoms with Crippen molar-refractivity contribution in [3.63, 3.8) is 0 Å². The minimum atomic E-state index is -1.04. The molecule has 0 saturated carbocycles. The molecule has 0 atom stereocenters. The first kappa shape index (κ1) is 16.1. The van der Waals surface area contributed by atoms with Gasteiger partial charge in [0.25, 0.3) is 0 Å². The number of hydrogen-bond donors (Lipinski definition) is 1. The lowest BCUT2D eigenvalue weighted by Gasteiger charge is -2.07. The van der Waals surface area contributed by atoms with Crippen molar-refractivity contribution in [3.05, 3.63) is 57.0 Å². The van der Waals surface area contributed by atoms with E-state index in [1.165, 1.54) is 11.3 Å². The van der Waals surface area contributed by atoms with Gasteiger partial charge in [-0.25, -0.2) is 9.48 Å². The van der Waals surface area contributed by atoms with Gasteiger partial charge in [0, 0.05) is 16.0 Å². The number of carboxylic acid groups (broad SMARTS) is 1. The van der Waals surface area contributed by atoms with E-state index in [0.717, 1.165) is 16.3 Å². The number of aromatic nitrogens is 2. The van der Waals surface area contributed by atoms with Crippen LogP contribution in [0.15, 0.2) is 35.7 Å². The molecule has 1 N–H and O–H groups in total. The lowest BCUT2D eigenvalue weighted by atomic mass is 10.1. The van der Waals surface area contributed by atoms with Gasteiger partial charge in [-0.15, -0.1) is 11.3 Å². The lowest BCUT2D eigenvalue weighted by molar-refractivity contribution is 0.0689. The zero-order valence-corrected chi connectivity index (χ0v) is 14.4. The Morgan fingerprint density at radius 3 is 2.48 bits per heavy atom. The number of halogens is 2. The maximum atomic E-state index is 11.5. The van der Waals surface area contributed by atoms with Crippen LogP contribution in [0.3, 0.4) is 0 Å². The highest BCUT2D eigenvalue weighted by molar-refractivity contribution is 7.14. The molecule has 1 aromatic carbocycles. The van der Waals surface area contributed by atoms with Crippen LogP contribution in [0.5, 0.6) is 0 Å². The molecule has 23 heavy (non-hydrogen) atoms. The third-order valence-electron chi connectivity index (χ3n) is 3.41. The Labute approximate surface area is 146 Å². The third-order valence-corrected chi connectivity index (χ3v) is 4.95. The fraction of sp³-hybridized carbons (Fsp3) is 0.125. The smallest absolute Gasteiger partial charge is 0.356 e. The molecule has 0 saturated heterocycles. The van der Waals surface area contributed by atoms with Gasteiger partial charge >= 0.3 is 5.97 Å². The molecule has 0 radical (unpaired) electrons. The van der Waals surface area contributed by atoms with Crippen LogP contribution < -0.4 is 0 Å². The van der Waals surface area contributed by atoms with Crippen LogP contribution in [0.4, 0.5) is 0 Å². The van der Waals surface area contributed by atoms with E-state index in [4.69, 9.17) is 23.2 Å². The lowest BCUT2D eigenvalue weighted by Crippen LogP contribution is -2.02. The zero-order chi connectivity index (χ0) is 16.6. The number of benzene rings is 1. The molecule has 2 aromatic heterocycles. The van der Waals surface area contributed by atoms with Crippen molar-refractivity contribution in [2.45, 2.75) is 13.3 Å². The van der Waals surface area contributed by atoms with Gasteiger partial charge in [-0.1, -0.05) is 30.1 Å². The number of nitrogens with zero attached hydrogens (tertiary/aromatic N) is 2. The monoisotopic (exact) mass is 366 g/mol. The predicted octanol–water partition coefficient (Wildman–Crippen LogP) is 5.17. The Balaban J connectivity index is 2.29. The quantitative estimate of drug-likeness (QED) is 0.692. The van der Waals surface area contributed by atoms with Crippen molar-refractivity contribution in [1.29, 1.82) is 0 Å². The average Bonchev–Trinajstić information content (AvgIpc) is 3.11. The summed E-state index contributed by atoms with van der Waals surface area (Å²) in [6.07, 6.45) is 0.556. The standard InChI is InChI=1S/C16H12Cl2N2O2S/c1-2-12-14(16(21)22)19-20(11-5-3-9(17)4-6-11)15(12)13-7-10(18)8-23-13/h3-8H,2H2,1H3,(H,21,22). The van der Waals surface area contributed by atoms with Gasteiger partial charge in [0.05, 0.1) is 21.3 Å². The maximum Gasteiger partial charge on any atom is 0.356 e. The molecule has 0 aliphatic heterocycles. The molecule has 118 valence electrons. The summed E-state index contributed by atoms with van der Waals surface area (Å²) in [5.41, 5.74) is 2.24. The second-order valence-corrected chi connectivity index (χ2v) is 6.64. The minimum absolute atomic E-state index is 0.0574. The van der Waals surface area contributed by atoms with Gasteiger partial charge < -0.3 is 5.11 Å². The highest BCUT2D eigenvalue weighted by Gasteiger charge is 2.24. The van der Waals surface area contributed by atoms with E-state index in [1.54, 1.807) is 28.9 Å². The van der Waals surface area contributed by atoms with E-state index in [2.05, 4.69) is 5.10 Å². The Morgan fingerprint density at radius 1 is 1.26 bits per heavy atom. The molecule has 3 aromatic rings. The number of carbonyl (C=O) groups is 1. The second-order valence-electron chi connectivity index (χ2n) is 4.85. The van der Waals surface area contributed by atoms with Crippen molar-refractivity contribution in [1.82, 2.24) is 9.78 Å². The SMILES string of the molecule is CCc1c(C(=O)O)nn(-c2ccc(Cl)cc2)c1-c1cc(Cl)cs1. The summed E-state index contributed by atoms with van der Waals surface area (Å²) < 4.78 is 1.64. The first-order chi connectivity index (χ1) is 11.0. The van der Waals surface area contributed by atoms with Gasteiger partial charge in [0.2, 0.25) is 0 Å². The average molecular weight is 367 g/mol. The molecule has 4 nitrogen and oxygen atoms in total. The summed E-state index contributed by atoms with van der Waals surface area (Å²) in [4.78, 5) is 12.4. The van der Waals surface area contributed by atoms with Crippen molar-refractivity contribution in [2.75, 3.05) is 0 Å². The van der Waals surface area contributed by atoms with Gasteiger partial charge in [0.15, 0.2) is 5.69 Å². The summed E-state index contributed by atoms with van der Waals surface area (Å²) in [7, 11) is 0. The maximum absolute atomic E-state index is 11.5. The first-order valence-electron chi connectivity index (χ1n) is 6.86. The number of aromatic carboxylic acids is 1. The molecule has 0 fully saturated rings. The summed E-state index contributed by atoms with van der Waals surface area (Å²) in [6, 6.07) is 8.92.